The Balaban J connectivity index is 2.28. The quantitative estimate of drug-likeness (QED) is 0.857. The van der Waals surface area contributed by atoms with Gasteiger partial charge < -0.3 is 15.4 Å². The minimum atomic E-state index is -0.657. The largest absolute Gasteiger partial charge is 0.377 e. The van der Waals surface area contributed by atoms with Crippen LogP contribution < -0.4 is 10.6 Å². The predicted octanol–water partition coefficient (Wildman–Crippen LogP) is 3.08. The number of hydrogen-bond donors (Lipinski definition) is 2. The molecule has 2 N–H and O–H groups in total. The van der Waals surface area contributed by atoms with Gasteiger partial charge in [-0.3, -0.25) is 0 Å². The molecule has 0 unspecified atom stereocenters. The van der Waals surface area contributed by atoms with Crippen LogP contribution in [-0.4, -0.2) is 23.6 Å². The van der Waals surface area contributed by atoms with E-state index >= 15 is 0 Å². The van der Waals surface area contributed by atoms with Gasteiger partial charge in [-0.25, -0.2) is 18.7 Å². The van der Waals surface area contributed by atoms with Gasteiger partial charge in [-0.05, 0) is 19.1 Å². The fourth-order valence-electron chi connectivity index (χ4n) is 1.80. The fourth-order valence-corrected chi connectivity index (χ4v) is 1.80. The average Bonchev–Trinajstić information content (AvgIpc) is 2.37. The molecule has 0 atom stereocenters. The molecular formula is C14H16F2N4O. The number of halogens is 2. The number of methoxy groups -OCH3 is 1. The van der Waals surface area contributed by atoms with Crippen LogP contribution in [0.25, 0.3) is 0 Å². The molecule has 2 aromatic rings. The summed E-state index contributed by atoms with van der Waals surface area (Å²) in [6, 6.07) is 4.85. The molecule has 0 radical (unpaired) electrons. The average molecular weight is 294 g/mol. The van der Waals surface area contributed by atoms with Crippen LogP contribution in [0.1, 0.15) is 12.7 Å². The first-order valence-electron chi connectivity index (χ1n) is 6.44. The maximum Gasteiger partial charge on any atom is 0.158 e. The lowest BCUT2D eigenvalue weighted by atomic mass is 10.3. The van der Waals surface area contributed by atoms with E-state index in [1.54, 1.807) is 13.2 Å². The summed E-state index contributed by atoms with van der Waals surface area (Å²) in [6.45, 7) is 2.87. The lowest BCUT2D eigenvalue weighted by Crippen LogP contribution is -2.07. The zero-order chi connectivity index (χ0) is 15.2. The topological polar surface area (TPSA) is 59.1 Å². The Morgan fingerprint density at radius 3 is 2.33 bits per heavy atom. The molecule has 1 heterocycles. The molecule has 0 aliphatic rings. The van der Waals surface area contributed by atoms with Crippen molar-refractivity contribution in [3.8, 4) is 0 Å². The van der Waals surface area contributed by atoms with Gasteiger partial charge in [0.2, 0.25) is 0 Å². The second-order valence-electron chi connectivity index (χ2n) is 4.30. The summed E-state index contributed by atoms with van der Waals surface area (Å²) in [5, 5.41) is 5.92. The Labute approximate surface area is 121 Å². The molecule has 0 aliphatic heterocycles. The van der Waals surface area contributed by atoms with Gasteiger partial charge in [0, 0.05) is 31.5 Å². The maximum absolute atomic E-state index is 13.2. The molecule has 5 nitrogen and oxygen atoms in total. The summed E-state index contributed by atoms with van der Waals surface area (Å²) in [6.07, 6.45) is 0. The number of aromatic nitrogens is 2. The van der Waals surface area contributed by atoms with E-state index < -0.39 is 11.6 Å². The van der Waals surface area contributed by atoms with Crippen molar-refractivity contribution < 1.29 is 13.5 Å². The van der Waals surface area contributed by atoms with E-state index in [1.165, 1.54) is 12.1 Å². The second-order valence-corrected chi connectivity index (χ2v) is 4.30. The van der Waals surface area contributed by atoms with E-state index in [2.05, 4.69) is 20.6 Å². The minimum absolute atomic E-state index is 0.241. The van der Waals surface area contributed by atoms with Crippen LogP contribution in [-0.2, 0) is 11.3 Å². The monoisotopic (exact) mass is 294 g/mol. The first-order valence-corrected chi connectivity index (χ1v) is 6.44. The number of nitrogens with one attached hydrogen (secondary N) is 2. The molecule has 0 saturated carbocycles. The lowest BCUT2D eigenvalue weighted by molar-refractivity contribution is 0.178. The van der Waals surface area contributed by atoms with Crippen LogP contribution in [0.2, 0.25) is 0 Å². The molecule has 0 saturated heterocycles. The van der Waals surface area contributed by atoms with Crippen molar-refractivity contribution >= 4 is 17.3 Å². The smallest absolute Gasteiger partial charge is 0.158 e. The molecule has 2 rings (SSSR count). The molecular weight excluding hydrogens is 278 g/mol. The van der Waals surface area contributed by atoms with E-state index in [4.69, 9.17) is 4.74 Å². The van der Waals surface area contributed by atoms with E-state index in [9.17, 15) is 8.78 Å². The Morgan fingerprint density at radius 1 is 1.05 bits per heavy atom. The molecule has 0 fully saturated rings. The van der Waals surface area contributed by atoms with E-state index in [0.29, 0.717) is 24.0 Å². The Bertz CT molecular complexity index is 577. The third-order valence-corrected chi connectivity index (χ3v) is 2.54. The summed E-state index contributed by atoms with van der Waals surface area (Å²) in [5.41, 5.74) is 0.275. The number of ether oxygens (including phenoxy) is 1. The zero-order valence-corrected chi connectivity index (χ0v) is 11.8. The van der Waals surface area contributed by atoms with Crippen LogP contribution >= 0.6 is 0 Å². The summed E-state index contributed by atoms with van der Waals surface area (Å²) in [4.78, 5) is 8.48. The molecule has 112 valence electrons. The van der Waals surface area contributed by atoms with Gasteiger partial charge in [0.15, 0.2) is 5.82 Å². The van der Waals surface area contributed by atoms with Gasteiger partial charge in [-0.2, -0.15) is 0 Å². The first-order chi connectivity index (χ1) is 10.1. The standard InChI is InChI=1S/C14H16F2N4O/c1-3-17-12-7-13(20-14(19-12)8-21-2)18-11-5-9(15)4-10(16)6-11/h4-7H,3,8H2,1-2H3,(H2,17,18,19,20). The maximum atomic E-state index is 13.2. The van der Waals surface area contributed by atoms with Crippen molar-refractivity contribution in [2.45, 2.75) is 13.5 Å². The van der Waals surface area contributed by atoms with E-state index in [0.717, 1.165) is 6.07 Å². The van der Waals surface area contributed by atoms with Crippen molar-refractivity contribution in [3.05, 3.63) is 41.7 Å². The molecule has 7 heteroatoms. The van der Waals surface area contributed by atoms with Crippen molar-refractivity contribution in [3.63, 3.8) is 0 Å². The van der Waals surface area contributed by atoms with E-state index in [1.807, 2.05) is 6.92 Å². The number of rotatable bonds is 6. The fraction of sp³-hybridized carbons (Fsp3) is 0.286. The summed E-state index contributed by atoms with van der Waals surface area (Å²) < 4.78 is 31.4. The summed E-state index contributed by atoms with van der Waals surface area (Å²) >= 11 is 0. The van der Waals surface area contributed by atoms with Crippen LogP contribution in [0, 0.1) is 11.6 Å². The molecule has 1 aromatic heterocycles. The zero-order valence-electron chi connectivity index (χ0n) is 11.8. The molecule has 0 aliphatic carbocycles. The van der Waals surface area contributed by atoms with Gasteiger partial charge in [-0.15, -0.1) is 0 Å². The van der Waals surface area contributed by atoms with Crippen molar-refractivity contribution in [2.75, 3.05) is 24.3 Å². The summed E-state index contributed by atoms with van der Waals surface area (Å²) in [7, 11) is 1.54. The predicted molar refractivity (Wildman–Crippen MR) is 76.5 cm³/mol. The Kier molecular flexibility index (Phi) is 4.99. The van der Waals surface area contributed by atoms with Gasteiger partial charge in [0.05, 0.1) is 0 Å². The van der Waals surface area contributed by atoms with Gasteiger partial charge in [0.25, 0.3) is 0 Å². The first kappa shape index (κ1) is 15.1. The normalized spacial score (nSPS) is 10.5. The Morgan fingerprint density at radius 2 is 1.71 bits per heavy atom. The number of nitrogens with zero attached hydrogens (tertiary/aromatic N) is 2. The van der Waals surface area contributed by atoms with Crippen molar-refractivity contribution in [2.24, 2.45) is 0 Å². The minimum Gasteiger partial charge on any atom is -0.377 e. The number of anilines is 3. The van der Waals surface area contributed by atoms with Crippen molar-refractivity contribution in [1.29, 1.82) is 0 Å². The SMILES string of the molecule is CCNc1cc(Nc2cc(F)cc(F)c2)nc(COC)n1. The highest BCUT2D eigenvalue weighted by Crippen LogP contribution is 2.20. The lowest BCUT2D eigenvalue weighted by Gasteiger charge is -2.10. The third-order valence-electron chi connectivity index (χ3n) is 2.54. The highest BCUT2D eigenvalue weighted by atomic mass is 19.1. The highest BCUT2D eigenvalue weighted by Gasteiger charge is 2.06. The van der Waals surface area contributed by atoms with Crippen LogP contribution in [0.4, 0.5) is 26.1 Å². The second kappa shape index (κ2) is 6.94. The van der Waals surface area contributed by atoms with Crippen LogP contribution in [0.3, 0.4) is 0 Å². The number of hydrogen-bond acceptors (Lipinski definition) is 5. The van der Waals surface area contributed by atoms with E-state index in [-0.39, 0.29) is 12.3 Å². The molecule has 21 heavy (non-hydrogen) atoms. The highest BCUT2D eigenvalue weighted by molar-refractivity contribution is 5.59. The molecule has 0 bridgehead atoms. The number of benzene rings is 1. The van der Waals surface area contributed by atoms with Gasteiger partial charge >= 0.3 is 0 Å². The molecule has 1 aromatic carbocycles. The molecule has 0 amide bonds. The Hall–Kier alpha value is -2.28. The van der Waals surface area contributed by atoms with Crippen molar-refractivity contribution in [1.82, 2.24) is 9.97 Å². The third kappa shape index (κ3) is 4.35. The molecule has 0 spiro atoms. The van der Waals surface area contributed by atoms with Crippen LogP contribution in [0.15, 0.2) is 24.3 Å². The van der Waals surface area contributed by atoms with Gasteiger partial charge in [-0.1, -0.05) is 0 Å². The summed E-state index contributed by atoms with van der Waals surface area (Å²) in [5.74, 6) is 0.193. The van der Waals surface area contributed by atoms with Crippen LogP contribution in [0.5, 0.6) is 0 Å². The van der Waals surface area contributed by atoms with Gasteiger partial charge in [0.1, 0.15) is 29.9 Å².